The summed E-state index contributed by atoms with van der Waals surface area (Å²) in [6.45, 7) is 1.18. The van der Waals surface area contributed by atoms with Crippen LogP contribution in [0, 0.1) is 0 Å². The fraction of sp³-hybridized carbons (Fsp3) is 0.400. The smallest absolute Gasteiger partial charge is 0.322 e. The first-order valence-corrected chi connectivity index (χ1v) is 12.3. The van der Waals surface area contributed by atoms with Gasteiger partial charge in [0.15, 0.2) is 0 Å². The van der Waals surface area contributed by atoms with Gasteiger partial charge in [0.25, 0.3) is 5.91 Å². The fourth-order valence-electron chi connectivity index (χ4n) is 4.18. The molecule has 2 aliphatic rings. The molecule has 4 rings (SSSR count). The van der Waals surface area contributed by atoms with Gasteiger partial charge in [0.1, 0.15) is 12.6 Å². The predicted molar refractivity (Wildman–Crippen MR) is 139 cm³/mol. The number of morpholine rings is 1. The van der Waals surface area contributed by atoms with Gasteiger partial charge < -0.3 is 40.7 Å². The van der Waals surface area contributed by atoms with Crippen LogP contribution >= 0.6 is 11.6 Å². The summed E-state index contributed by atoms with van der Waals surface area (Å²) in [6.07, 6.45) is -1.04. The number of aliphatic hydroxyl groups excluding tert-OH is 1. The summed E-state index contributed by atoms with van der Waals surface area (Å²) in [5.74, 6) is -0.506. The number of ether oxygens (including phenoxy) is 2. The van der Waals surface area contributed by atoms with Crippen LogP contribution in [0.4, 0.5) is 21.9 Å². The molecule has 2 heterocycles. The van der Waals surface area contributed by atoms with Gasteiger partial charge in [0.05, 0.1) is 25.4 Å². The van der Waals surface area contributed by atoms with Crippen LogP contribution in [0.25, 0.3) is 0 Å². The Hall–Kier alpha value is -3.22. The average Bonchev–Trinajstić information content (AvgIpc) is 3.34. The molecule has 0 aliphatic carbocycles. The Morgan fingerprint density at radius 2 is 1.81 bits per heavy atom. The highest BCUT2D eigenvalue weighted by Crippen LogP contribution is 2.25. The van der Waals surface area contributed by atoms with Crippen molar-refractivity contribution in [2.45, 2.75) is 24.7 Å². The van der Waals surface area contributed by atoms with E-state index in [-0.39, 0.29) is 44.5 Å². The van der Waals surface area contributed by atoms with E-state index in [4.69, 9.17) is 26.8 Å². The molecule has 3 atom stereocenters. The molecule has 2 saturated heterocycles. The second-order valence-corrected chi connectivity index (χ2v) is 9.26. The van der Waals surface area contributed by atoms with Gasteiger partial charge in [0, 0.05) is 48.1 Å². The van der Waals surface area contributed by atoms with Crippen molar-refractivity contribution in [2.24, 2.45) is 5.73 Å². The summed E-state index contributed by atoms with van der Waals surface area (Å²) in [4.78, 5) is 41.4. The van der Waals surface area contributed by atoms with Crippen LogP contribution in [0.2, 0.25) is 5.02 Å². The number of carbonyl (C=O) groups is 3. The number of likely N-dealkylation sites (tertiary alicyclic amines) is 1. The lowest BCUT2D eigenvalue weighted by Gasteiger charge is -2.27. The van der Waals surface area contributed by atoms with Gasteiger partial charge >= 0.3 is 6.03 Å². The van der Waals surface area contributed by atoms with Crippen molar-refractivity contribution in [3.05, 3.63) is 53.6 Å². The topological polar surface area (TPSA) is 146 Å². The molecular formula is C25H30ClN5O6. The average molecular weight is 532 g/mol. The van der Waals surface area contributed by atoms with Crippen molar-refractivity contribution in [1.82, 2.24) is 4.90 Å². The number of rotatable bonds is 8. The minimum Gasteiger partial charge on any atom is -0.389 e. The molecule has 2 aliphatic heterocycles. The molecule has 37 heavy (non-hydrogen) atoms. The molecule has 0 spiro atoms. The van der Waals surface area contributed by atoms with E-state index in [0.717, 1.165) is 0 Å². The highest BCUT2D eigenvalue weighted by atomic mass is 35.5. The van der Waals surface area contributed by atoms with E-state index in [1.807, 2.05) is 0 Å². The molecule has 2 aromatic rings. The maximum atomic E-state index is 13.2. The number of nitrogens with zero attached hydrogens (tertiary/aromatic N) is 2. The van der Waals surface area contributed by atoms with Crippen molar-refractivity contribution in [3.63, 3.8) is 0 Å². The number of nitrogens with two attached hydrogens (primary N) is 1. The molecule has 5 N–H and O–H groups in total. The Labute approximate surface area is 219 Å². The minimum absolute atomic E-state index is 0.00384. The summed E-state index contributed by atoms with van der Waals surface area (Å²) in [5, 5.41) is 15.9. The Morgan fingerprint density at radius 1 is 1.14 bits per heavy atom. The minimum atomic E-state index is -0.832. The number of nitrogens with one attached hydrogen (secondary N) is 2. The van der Waals surface area contributed by atoms with E-state index >= 15 is 0 Å². The number of carbonyl (C=O) groups excluding carboxylic acids is 3. The molecule has 4 amide bonds. The zero-order valence-electron chi connectivity index (χ0n) is 20.1. The van der Waals surface area contributed by atoms with Crippen molar-refractivity contribution < 1.29 is 29.0 Å². The summed E-state index contributed by atoms with van der Waals surface area (Å²) in [5.41, 5.74) is 7.22. The Balaban J connectivity index is 1.44. The monoisotopic (exact) mass is 531 g/mol. The van der Waals surface area contributed by atoms with Gasteiger partial charge in [-0.2, -0.15) is 0 Å². The van der Waals surface area contributed by atoms with Crippen LogP contribution in [0.15, 0.2) is 48.5 Å². The van der Waals surface area contributed by atoms with Gasteiger partial charge in [-0.3, -0.25) is 9.59 Å². The lowest BCUT2D eigenvalue weighted by Crippen LogP contribution is -2.45. The molecule has 0 bridgehead atoms. The normalized spacial score (nSPS) is 20.6. The predicted octanol–water partition coefficient (Wildman–Crippen LogP) is 1.65. The standard InChI is InChI=1S/C25H30ClN5O6/c26-16-1-3-18(4-2-16)29-25(35)31-13-21(37-14-20(32)12-27)11-22(31)24(34)28-17-5-7-19(8-6-17)30-9-10-36-15-23(30)33/h1-8,20-22,32H,9-15,27H2,(H,28,34)(H,29,35)/t20?,21-,22-/m1/s1. The van der Waals surface area contributed by atoms with Crippen molar-refractivity contribution in [3.8, 4) is 0 Å². The van der Waals surface area contributed by atoms with Crippen LogP contribution < -0.4 is 21.3 Å². The maximum Gasteiger partial charge on any atom is 0.322 e. The molecular weight excluding hydrogens is 502 g/mol. The lowest BCUT2D eigenvalue weighted by molar-refractivity contribution is -0.125. The second kappa shape index (κ2) is 12.3. The zero-order chi connectivity index (χ0) is 26.4. The Kier molecular flexibility index (Phi) is 8.95. The van der Waals surface area contributed by atoms with E-state index in [1.54, 1.807) is 53.4 Å². The molecule has 2 aromatic carbocycles. The van der Waals surface area contributed by atoms with Crippen molar-refractivity contribution in [1.29, 1.82) is 0 Å². The number of halogens is 1. The lowest BCUT2D eigenvalue weighted by atomic mass is 10.1. The van der Waals surface area contributed by atoms with E-state index < -0.39 is 24.3 Å². The van der Waals surface area contributed by atoms with Gasteiger partial charge in [-0.25, -0.2) is 4.79 Å². The fourth-order valence-corrected chi connectivity index (χ4v) is 4.30. The molecule has 0 aromatic heterocycles. The number of hydrogen-bond acceptors (Lipinski definition) is 7. The molecule has 12 heteroatoms. The number of urea groups is 1. The molecule has 2 fully saturated rings. The van der Waals surface area contributed by atoms with Crippen molar-refractivity contribution >= 4 is 46.5 Å². The summed E-state index contributed by atoms with van der Waals surface area (Å²) in [7, 11) is 0. The third-order valence-electron chi connectivity index (χ3n) is 6.15. The Morgan fingerprint density at radius 3 is 2.49 bits per heavy atom. The van der Waals surface area contributed by atoms with E-state index in [9.17, 15) is 19.5 Å². The molecule has 11 nitrogen and oxygen atoms in total. The van der Waals surface area contributed by atoms with Gasteiger partial charge in [-0.15, -0.1) is 0 Å². The van der Waals surface area contributed by atoms with Crippen LogP contribution in [0.5, 0.6) is 0 Å². The first-order chi connectivity index (χ1) is 17.8. The van der Waals surface area contributed by atoms with Crippen LogP contribution in [0.3, 0.4) is 0 Å². The number of aliphatic hydroxyl groups is 1. The second-order valence-electron chi connectivity index (χ2n) is 8.82. The van der Waals surface area contributed by atoms with Gasteiger partial charge in [0.2, 0.25) is 5.91 Å². The van der Waals surface area contributed by atoms with Crippen LogP contribution in [0.1, 0.15) is 6.42 Å². The van der Waals surface area contributed by atoms with Crippen molar-refractivity contribution in [2.75, 3.05) is 55.0 Å². The first-order valence-electron chi connectivity index (χ1n) is 12.0. The Bertz CT molecular complexity index is 1100. The number of benzene rings is 2. The molecule has 0 radical (unpaired) electrons. The zero-order valence-corrected chi connectivity index (χ0v) is 20.9. The molecule has 198 valence electrons. The quantitative estimate of drug-likeness (QED) is 0.405. The van der Waals surface area contributed by atoms with Crippen LogP contribution in [-0.4, -0.2) is 85.6 Å². The SMILES string of the molecule is NCC(O)CO[C@@H]1C[C@H](C(=O)Nc2ccc(N3CCOCC3=O)cc2)N(C(=O)Nc2ccc(Cl)cc2)C1. The van der Waals surface area contributed by atoms with E-state index in [0.29, 0.717) is 35.2 Å². The highest BCUT2D eigenvalue weighted by Gasteiger charge is 2.40. The number of hydrogen-bond donors (Lipinski definition) is 4. The van der Waals surface area contributed by atoms with E-state index in [2.05, 4.69) is 10.6 Å². The third kappa shape index (κ3) is 6.96. The number of amides is 4. The summed E-state index contributed by atoms with van der Waals surface area (Å²) >= 11 is 5.92. The summed E-state index contributed by atoms with van der Waals surface area (Å²) < 4.78 is 10.9. The third-order valence-corrected chi connectivity index (χ3v) is 6.40. The van der Waals surface area contributed by atoms with Gasteiger partial charge in [-0.05, 0) is 48.5 Å². The van der Waals surface area contributed by atoms with Gasteiger partial charge in [-0.1, -0.05) is 11.6 Å². The first kappa shape index (κ1) is 26.8. The van der Waals surface area contributed by atoms with Crippen LogP contribution in [-0.2, 0) is 19.1 Å². The number of anilines is 3. The van der Waals surface area contributed by atoms with E-state index in [1.165, 1.54) is 4.90 Å². The maximum absolute atomic E-state index is 13.2. The largest absolute Gasteiger partial charge is 0.389 e. The summed E-state index contributed by atoms with van der Waals surface area (Å²) in [6, 6.07) is 12.3. The molecule has 0 saturated carbocycles. The molecule has 1 unspecified atom stereocenters. The highest BCUT2D eigenvalue weighted by molar-refractivity contribution is 6.30.